The number of aryl methyl sites for hydroxylation is 1. The molecule has 0 aliphatic heterocycles. The molecular weight excluding hydrogens is 344 g/mol. The second-order valence-electron chi connectivity index (χ2n) is 6.08. The summed E-state index contributed by atoms with van der Waals surface area (Å²) in [5.41, 5.74) is 9.06. The number of rotatable bonds is 6. The molecule has 0 atom stereocenters. The largest absolute Gasteiger partial charge is 0.469 e. The van der Waals surface area contributed by atoms with Gasteiger partial charge in [0.2, 0.25) is 0 Å². The van der Waals surface area contributed by atoms with E-state index in [1.807, 2.05) is 36.4 Å². The van der Waals surface area contributed by atoms with Crippen molar-refractivity contribution in [3.8, 4) is 16.9 Å². The first-order chi connectivity index (χ1) is 13.0. The molecule has 7 heteroatoms. The van der Waals surface area contributed by atoms with Crippen molar-refractivity contribution in [3.05, 3.63) is 76.3 Å². The van der Waals surface area contributed by atoms with Crippen LogP contribution in [0.15, 0.2) is 59.5 Å². The maximum absolute atomic E-state index is 12.3. The van der Waals surface area contributed by atoms with Gasteiger partial charge in [0.25, 0.3) is 0 Å². The molecule has 0 saturated heterocycles. The number of aromatic amines is 1. The fourth-order valence-electron chi connectivity index (χ4n) is 2.73. The number of benzene rings is 2. The zero-order valence-electron chi connectivity index (χ0n) is 14.9. The highest BCUT2D eigenvalue weighted by Crippen LogP contribution is 2.18. The summed E-state index contributed by atoms with van der Waals surface area (Å²) in [5.74, 6) is -0.249. The zero-order chi connectivity index (χ0) is 19.4. The third kappa shape index (κ3) is 4.14. The highest BCUT2D eigenvalue weighted by atomic mass is 16.5. The van der Waals surface area contributed by atoms with E-state index in [9.17, 15) is 9.59 Å². The molecule has 0 bridgehead atoms. The molecule has 0 aliphatic carbocycles. The number of esters is 1. The minimum atomic E-state index is -0.249. The van der Waals surface area contributed by atoms with Crippen molar-refractivity contribution in [2.24, 2.45) is 5.73 Å². The number of nitrogens with one attached hydrogen (secondary N) is 2. The van der Waals surface area contributed by atoms with Gasteiger partial charge >= 0.3 is 11.7 Å². The standard InChI is InChI=1S/C20H20N4O3/c1-27-18(25)11-4-13-2-9-16(10-3-13)24-12-17(23-20(24)26)14-5-7-15(8-6-14)19(21)22/h2-3,5-10,12H,4,11H2,1H3,(H3,21,22)(H,23,26). The van der Waals surface area contributed by atoms with Crippen molar-refractivity contribution in [2.75, 3.05) is 7.11 Å². The number of H-pyrrole nitrogens is 1. The van der Waals surface area contributed by atoms with Gasteiger partial charge in [-0.3, -0.25) is 14.8 Å². The van der Waals surface area contributed by atoms with Gasteiger partial charge < -0.3 is 15.5 Å². The first-order valence-electron chi connectivity index (χ1n) is 8.40. The van der Waals surface area contributed by atoms with Gasteiger partial charge in [0.1, 0.15) is 5.84 Å². The van der Waals surface area contributed by atoms with Crippen LogP contribution in [0.2, 0.25) is 0 Å². The van der Waals surface area contributed by atoms with Crippen LogP contribution in [0.1, 0.15) is 17.5 Å². The summed E-state index contributed by atoms with van der Waals surface area (Å²) in [6, 6.07) is 14.5. The van der Waals surface area contributed by atoms with E-state index in [2.05, 4.69) is 9.72 Å². The monoisotopic (exact) mass is 364 g/mol. The lowest BCUT2D eigenvalue weighted by Crippen LogP contribution is -2.14. The summed E-state index contributed by atoms with van der Waals surface area (Å²) < 4.78 is 6.16. The Labute approximate surface area is 155 Å². The fourth-order valence-corrected chi connectivity index (χ4v) is 2.73. The van der Waals surface area contributed by atoms with Crippen LogP contribution in [-0.4, -0.2) is 28.5 Å². The van der Waals surface area contributed by atoms with Crippen molar-refractivity contribution >= 4 is 11.8 Å². The van der Waals surface area contributed by atoms with Crippen LogP contribution in [0.4, 0.5) is 0 Å². The molecule has 7 nitrogen and oxygen atoms in total. The molecule has 27 heavy (non-hydrogen) atoms. The number of nitrogens with two attached hydrogens (primary N) is 1. The molecule has 0 unspecified atom stereocenters. The first-order valence-corrected chi connectivity index (χ1v) is 8.40. The Hall–Kier alpha value is -3.61. The van der Waals surface area contributed by atoms with E-state index in [-0.39, 0.29) is 17.5 Å². The second-order valence-corrected chi connectivity index (χ2v) is 6.08. The Morgan fingerprint density at radius 1 is 1.15 bits per heavy atom. The third-order valence-electron chi connectivity index (χ3n) is 4.29. The van der Waals surface area contributed by atoms with Crippen LogP contribution in [0.25, 0.3) is 16.9 Å². The highest BCUT2D eigenvalue weighted by Gasteiger charge is 2.08. The summed E-state index contributed by atoms with van der Waals surface area (Å²) in [6.07, 6.45) is 2.64. The predicted octanol–water partition coefficient (Wildman–Crippen LogP) is 2.22. The molecule has 0 aliphatic rings. The SMILES string of the molecule is COC(=O)CCc1ccc(-n2cc(-c3ccc(C(=N)N)cc3)[nH]c2=O)cc1. The van der Waals surface area contributed by atoms with Gasteiger partial charge in [-0.2, -0.15) is 0 Å². The number of carbonyl (C=O) groups excluding carboxylic acids is 1. The van der Waals surface area contributed by atoms with E-state index in [4.69, 9.17) is 11.1 Å². The number of ether oxygens (including phenoxy) is 1. The van der Waals surface area contributed by atoms with Gasteiger partial charge in [-0.1, -0.05) is 36.4 Å². The van der Waals surface area contributed by atoms with Crippen LogP contribution in [-0.2, 0) is 16.0 Å². The summed E-state index contributed by atoms with van der Waals surface area (Å²) >= 11 is 0. The number of imidazole rings is 1. The molecule has 0 radical (unpaired) electrons. The molecule has 1 heterocycles. The Morgan fingerprint density at radius 2 is 1.81 bits per heavy atom. The summed E-state index contributed by atoms with van der Waals surface area (Å²) in [5, 5.41) is 7.43. The molecule has 3 rings (SSSR count). The summed E-state index contributed by atoms with van der Waals surface area (Å²) in [4.78, 5) is 26.4. The number of nitrogen functional groups attached to an aromatic ring is 1. The normalized spacial score (nSPS) is 10.6. The Bertz CT molecular complexity index is 1010. The van der Waals surface area contributed by atoms with E-state index in [0.717, 1.165) is 16.8 Å². The van der Waals surface area contributed by atoms with Gasteiger partial charge in [-0.05, 0) is 29.7 Å². The van der Waals surface area contributed by atoms with Crippen molar-refractivity contribution in [1.29, 1.82) is 5.41 Å². The van der Waals surface area contributed by atoms with Crippen LogP contribution >= 0.6 is 0 Å². The summed E-state index contributed by atoms with van der Waals surface area (Å²) in [7, 11) is 1.37. The number of methoxy groups -OCH3 is 1. The number of hydrogen-bond acceptors (Lipinski definition) is 4. The van der Waals surface area contributed by atoms with Gasteiger partial charge in [0.15, 0.2) is 0 Å². The van der Waals surface area contributed by atoms with E-state index < -0.39 is 0 Å². The molecule has 0 spiro atoms. The van der Waals surface area contributed by atoms with Gasteiger partial charge in [0.05, 0.1) is 18.5 Å². The van der Waals surface area contributed by atoms with Gasteiger partial charge in [-0.15, -0.1) is 0 Å². The number of hydrogen-bond donors (Lipinski definition) is 3. The highest BCUT2D eigenvalue weighted by molar-refractivity contribution is 5.95. The molecule has 1 aromatic heterocycles. The summed E-state index contributed by atoms with van der Waals surface area (Å²) in [6.45, 7) is 0. The Morgan fingerprint density at radius 3 is 2.41 bits per heavy atom. The minimum Gasteiger partial charge on any atom is -0.469 e. The average molecular weight is 364 g/mol. The molecule has 0 fully saturated rings. The Kier molecular flexibility index (Phi) is 5.21. The predicted molar refractivity (Wildman–Crippen MR) is 103 cm³/mol. The van der Waals surface area contributed by atoms with Crippen molar-refractivity contribution in [1.82, 2.24) is 9.55 Å². The minimum absolute atomic E-state index is 0.0000902. The van der Waals surface area contributed by atoms with Crippen LogP contribution in [0, 0.1) is 5.41 Å². The average Bonchev–Trinajstić information content (AvgIpc) is 3.08. The lowest BCUT2D eigenvalue weighted by molar-refractivity contribution is -0.140. The number of carbonyl (C=O) groups is 1. The quantitative estimate of drug-likeness (QED) is 0.353. The van der Waals surface area contributed by atoms with Crippen molar-refractivity contribution < 1.29 is 9.53 Å². The number of aromatic nitrogens is 2. The lowest BCUT2D eigenvalue weighted by atomic mass is 10.1. The molecule has 0 amide bonds. The number of amidine groups is 1. The van der Waals surface area contributed by atoms with Crippen molar-refractivity contribution in [3.63, 3.8) is 0 Å². The number of nitrogens with zero attached hydrogens (tertiary/aromatic N) is 1. The van der Waals surface area contributed by atoms with Crippen molar-refractivity contribution in [2.45, 2.75) is 12.8 Å². The van der Waals surface area contributed by atoms with E-state index in [0.29, 0.717) is 24.1 Å². The lowest BCUT2D eigenvalue weighted by Gasteiger charge is -2.04. The molecule has 3 aromatic rings. The van der Waals surface area contributed by atoms with Crippen LogP contribution in [0.5, 0.6) is 0 Å². The van der Waals surface area contributed by atoms with Gasteiger partial charge in [-0.25, -0.2) is 4.79 Å². The molecule has 2 aromatic carbocycles. The third-order valence-corrected chi connectivity index (χ3v) is 4.29. The Balaban J connectivity index is 1.81. The molecule has 4 N–H and O–H groups in total. The fraction of sp³-hybridized carbons (Fsp3) is 0.150. The zero-order valence-corrected chi connectivity index (χ0v) is 14.9. The maximum atomic E-state index is 12.3. The molecular formula is C20H20N4O3. The van der Waals surface area contributed by atoms with E-state index >= 15 is 0 Å². The topological polar surface area (TPSA) is 114 Å². The van der Waals surface area contributed by atoms with Gasteiger partial charge in [0, 0.05) is 18.2 Å². The molecule has 138 valence electrons. The maximum Gasteiger partial charge on any atom is 0.330 e. The smallest absolute Gasteiger partial charge is 0.330 e. The van der Waals surface area contributed by atoms with E-state index in [1.54, 1.807) is 18.3 Å². The van der Waals surface area contributed by atoms with Crippen LogP contribution < -0.4 is 11.4 Å². The first kappa shape index (κ1) is 18.2. The van der Waals surface area contributed by atoms with E-state index in [1.165, 1.54) is 11.7 Å². The molecule has 0 saturated carbocycles. The second kappa shape index (κ2) is 7.74. The van der Waals surface area contributed by atoms with Crippen LogP contribution in [0.3, 0.4) is 0 Å².